The highest BCUT2D eigenvalue weighted by Crippen LogP contribution is 2.21. The molecule has 0 saturated heterocycles. The van der Waals surface area contributed by atoms with E-state index in [9.17, 15) is 0 Å². The number of hydrogen-bond acceptors (Lipinski definition) is 4. The fourth-order valence-electron chi connectivity index (χ4n) is 1.67. The van der Waals surface area contributed by atoms with Gasteiger partial charge in [-0.25, -0.2) is 4.98 Å². The first kappa shape index (κ1) is 12.2. The quantitative estimate of drug-likeness (QED) is 0.882. The summed E-state index contributed by atoms with van der Waals surface area (Å²) < 4.78 is 0. The lowest BCUT2D eigenvalue weighted by Crippen LogP contribution is -2.37. The first-order chi connectivity index (χ1) is 8.18. The third-order valence-electron chi connectivity index (χ3n) is 2.67. The zero-order valence-corrected chi connectivity index (χ0v) is 11.0. The van der Waals surface area contributed by atoms with Gasteiger partial charge in [0.25, 0.3) is 0 Å². The molecule has 0 radical (unpaired) electrons. The van der Waals surface area contributed by atoms with E-state index in [-0.39, 0.29) is 5.54 Å². The summed E-state index contributed by atoms with van der Waals surface area (Å²) in [4.78, 5) is 8.47. The molecule has 0 aliphatic rings. The second-order valence-electron chi connectivity index (χ2n) is 4.50. The lowest BCUT2D eigenvalue weighted by molar-refractivity contribution is 0.405. The van der Waals surface area contributed by atoms with Crippen molar-refractivity contribution in [3.05, 3.63) is 46.7 Å². The Morgan fingerprint density at radius 1 is 1.35 bits per heavy atom. The number of thiazole rings is 1. The molecule has 3 nitrogen and oxygen atoms in total. The fourth-order valence-corrected chi connectivity index (χ4v) is 2.41. The summed E-state index contributed by atoms with van der Waals surface area (Å²) in [5.41, 5.74) is 1.20. The summed E-state index contributed by atoms with van der Waals surface area (Å²) in [6.07, 6.45) is 6.56. The highest BCUT2D eigenvalue weighted by Gasteiger charge is 2.21. The van der Waals surface area contributed by atoms with E-state index >= 15 is 0 Å². The Balaban J connectivity index is 1.86. The van der Waals surface area contributed by atoms with E-state index < -0.39 is 0 Å². The minimum Gasteiger partial charge on any atom is -0.306 e. The van der Waals surface area contributed by atoms with Gasteiger partial charge in [-0.1, -0.05) is 6.07 Å². The van der Waals surface area contributed by atoms with Gasteiger partial charge in [-0.05, 0) is 31.9 Å². The lowest BCUT2D eigenvalue weighted by Gasteiger charge is -2.23. The van der Waals surface area contributed by atoms with Crippen LogP contribution in [0, 0.1) is 0 Å². The molecule has 0 unspecified atom stereocenters. The van der Waals surface area contributed by atoms with Crippen molar-refractivity contribution in [2.75, 3.05) is 6.54 Å². The Morgan fingerprint density at radius 2 is 2.24 bits per heavy atom. The number of hydrogen-bond donors (Lipinski definition) is 1. The lowest BCUT2D eigenvalue weighted by atomic mass is 10.1. The maximum Gasteiger partial charge on any atom is 0.112 e. The number of rotatable bonds is 5. The molecule has 0 fully saturated rings. The Kier molecular flexibility index (Phi) is 3.86. The van der Waals surface area contributed by atoms with Crippen LogP contribution in [0.3, 0.4) is 0 Å². The first-order valence-corrected chi connectivity index (χ1v) is 6.60. The molecule has 0 spiro atoms. The minimum atomic E-state index is -0.0592. The average molecular weight is 247 g/mol. The van der Waals surface area contributed by atoms with Gasteiger partial charge < -0.3 is 5.32 Å². The van der Waals surface area contributed by atoms with Crippen LogP contribution in [0.1, 0.15) is 24.4 Å². The van der Waals surface area contributed by atoms with Crippen LogP contribution in [0.5, 0.6) is 0 Å². The third kappa shape index (κ3) is 3.35. The number of pyridine rings is 1. The van der Waals surface area contributed by atoms with Gasteiger partial charge in [0.15, 0.2) is 0 Å². The standard InChI is InChI=1S/C13H17N3S/c1-13(2,12-15-8-9-17-12)16-7-5-11-4-3-6-14-10-11/h3-4,6,8-10,16H,5,7H2,1-2H3. The van der Waals surface area contributed by atoms with E-state index in [4.69, 9.17) is 0 Å². The Bertz CT molecular complexity index is 437. The molecule has 0 bridgehead atoms. The monoisotopic (exact) mass is 247 g/mol. The van der Waals surface area contributed by atoms with Crippen LogP contribution in [-0.4, -0.2) is 16.5 Å². The number of aromatic nitrogens is 2. The van der Waals surface area contributed by atoms with Crippen LogP contribution in [0.15, 0.2) is 36.1 Å². The van der Waals surface area contributed by atoms with E-state index in [0.29, 0.717) is 0 Å². The first-order valence-electron chi connectivity index (χ1n) is 5.72. The summed E-state index contributed by atoms with van der Waals surface area (Å²) in [5.74, 6) is 0. The van der Waals surface area contributed by atoms with Gasteiger partial charge in [-0.15, -0.1) is 11.3 Å². The van der Waals surface area contributed by atoms with E-state index in [1.54, 1.807) is 17.5 Å². The summed E-state index contributed by atoms with van der Waals surface area (Å²) >= 11 is 1.69. The highest BCUT2D eigenvalue weighted by atomic mass is 32.1. The van der Waals surface area contributed by atoms with E-state index in [1.165, 1.54) is 5.56 Å². The third-order valence-corrected chi connectivity index (χ3v) is 3.77. The van der Waals surface area contributed by atoms with Gasteiger partial charge in [0, 0.05) is 30.5 Å². The Labute approximate surface area is 106 Å². The largest absolute Gasteiger partial charge is 0.306 e. The number of nitrogens with zero attached hydrogens (tertiary/aromatic N) is 2. The fraction of sp³-hybridized carbons (Fsp3) is 0.385. The van der Waals surface area contributed by atoms with Gasteiger partial charge in [0.05, 0.1) is 5.54 Å². The summed E-state index contributed by atoms with van der Waals surface area (Å²) in [6, 6.07) is 4.08. The van der Waals surface area contributed by atoms with Crippen LogP contribution in [-0.2, 0) is 12.0 Å². The van der Waals surface area contributed by atoms with Gasteiger partial charge in [-0.3, -0.25) is 4.98 Å². The maximum atomic E-state index is 4.36. The van der Waals surface area contributed by atoms with Crippen LogP contribution in [0.4, 0.5) is 0 Å². The summed E-state index contributed by atoms with van der Waals surface area (Å²) in [6.45, 7) is 5.25. The van der Waals surface area contributed by atoms with E-state index in [0.717, 1.165) is 18.0 Å². The molecule has 0 amide bonds. The van der Waals surface area contributed by atoms with Crippen molar-refractivity contribution in [1.29, 1.82) is 0 Å². The highest BCUT2D eigenvalue weighted by molar-refractivity contribution is 7.09. The predicted molar refractivity (Wildman–Crippen MR) is 71.1 cm³/mol. The van der Waals surface area contributed by atoms with Crippen molar-refractivity contribution in [2.24, 2.45) is 0 Å². The second kappa shape index (κ2) is 5.38. The van der Waals surface area contributed by atoms with Crippen molar-refractivity contribution < 1.29 is 0 Å². The van der Waals surface area contributed by atoms with Gasteiger partial charge in [0.2, 0.25) is 0 Å². The zero-order chi connectivity index (χ0) is 12.1. The normalized spacial score (nSPS) is 11.6. The molecule has 0 aliphatic carbocycles. The molecule has 2 heterocycles. The van der Waals surface area contributed by atoms with E-state index in [1.807, 2.05) is 23.8 Å². The maximum absolute atomic E-state index is 4.36. The Morgan fingerprint density at radius 3 is 2.88 bits per heavy atom. The van der Waals surface area contributed by atoms with Crippen molar-refractivity contribution in [3.8, 4) is 0 Å². The van der Waals surface area contributed by atoms with E-state index in [2.05, 4.69) is 35.2 Å². The second-order valence-corrected chi connectivity index (χ2v) is 5.39. The topological polar surface area (TPSA) is 37.8 Å². The van der Waals surface area contributed by atoms with Gasteiger partial charge >= 0.3 is 0 Å². The van der Waals surface area contributed by atoms with Crippen molar-refractivity contribution >= 4 is 11.3 Å². The molecule has 0 aliphatic heterocycles. The minimum absolute atomic E-state index is 0.0592. The number of nitrogens with one attached hydrogen (secondary N) is 1. The molecule has 2 aromatic heterocycles. The van der Waals surface area contributed by atoms with Gasteiger partial charge in [-0.2, -0.15) is 0 Å². The molecular formula is C13H17N3S. The van der Waals surface area contributed by atoms with Crippen LogP contribution in [0.25, 0.3) is 0 Å². The molecule has 0 aromatic carbocycles. The SMILES string of the molecule is CC(C)(NCCc1cccnc1)c1nccs1. The molecule has 2 rings (SSSR count). The Hall–Kier alpha value is -1.26. The molecule has 90 valence electrons. The summed E-state index contributed by atoms with van der Waals surface area (Å²) in [5, 5.41) is 6.67. The predicted octanol–water partition coefficient (Wildman–Crippen LogP) is 2.61. The molecule has 0 atom stereocenters. The van der Waals surface area contributed by atoms with Crippen molar-refractivity contribution in [3.63, 3.8) is 0 Å². The molecular weight excluding hydrogens is 230 g/mol. The van der Waals surface area contributed by atoms with Crippen molar-refractivity contribution in [2.45, 2.75) is 25.8 Å². The average Bonchev–Trinajstić information content (AvgIpc) is 2.84. The molecule has 4 heteroatoms. The molecule has 1 N–H and O–H groups in total. The van der Waals surface area contributed by atoms with Crippen LogP contribution < -0.4 is 5.32 Å². The molecule has 17 heavy (non-hydrogen) atoms. The van der Waals surface area contributed by atoms with Crippen LogP contribution in [0.2, 0.25) is 0 Å². The summed E-state index contributed by atoms with van der Waals surface area (Å²) in [7, 11) is 0. The molecule has 2 aromatic rings. The molecule has 0 saturated carbocycles. The van der Waals surface area contributed by atoms with Crippen LogP contribution >= 0.6 is 11.3 Å². The zero-order valence-electron chi connectivity index (χ0n) is 10.2. The van der Waals surface area contributed by atoms with Crippen molar-refractivity contribution in [1.82, 2.24) is 15.3 Å². The smallest absolute Gasteiger partial charge is 0.112 e. The van der Waals surface area contributed by atoms with Gasteiger partial charge in [0.1, 0.15) is 5.01 Å².